The number of hydrogen-bond acceptors (Lipinski definition) is 0. The number of rotatable bonds is 4. The molecule has 0 aliphatic rings. The van der Waals surface area contributed by atoms with Crippen molar-refractivity contribution in [2.45, 2.75) is 0 Å². The number of benzene rings is 3. The van der Waals surface area contributed by atoms with Crippen LogP contribution in [0.25, 0.3) is 34.4 Å². The van der Waals surface area contributed by atoms with Gasteiger partial charge in [0.25, 0.3) is 0 Å². The SMILES string of the molecule is C=Cc1cc[c-]c(-c2[c-]cc(-c3[c-]ccc(C=C)c3)[c-]c2)c1.[Y].[Y]. The quantitative estimate of drug-likeness (QED) is 0.455. The van der Waals surface area contributed by atoms with Crippen LogP contribution in [-0.4, -0.2) is 0 Å². The molecule has 0 amide bonds. The maximum Gasteiger partial charge on any atom is 0 e. The molecule has 0 unspecified atom stereocenters. The van der Waals surface area contributed by atoms with Crippen LogP contribution in [-0.2, 0) is 65.4 Å². The van der Waals surface area contributed by atoms with Crippen molar-refractivity contribution in [2.24, 2.45) is 0 Å². The Morgan fingerprint density at radius 1 is 0.625 bits per heavy atom. The topological polar surface area (TPSA) is 0 Å². The summed E-state index contributed by atoms with van der Waals surface area (Å²) < 4.78 is 0. The molecule has 0 bridgehead atoms. The summed E-state index contributed by atoms with van der Waals surface area (Å²) in [6.45, 7) is 7.58. The Bertz CT molecular complexity index is 747. The molecular weight excluding hydrogens is 442 g/mol. The summed E-state index contributed by atoms with van der Waals surface area (Å²) in [4.78, 5) is 0. The standard InChI is InChI=1S/C22H14.2Y/c1-3-17-7-5-9-21(15-17)19-11-13-20(14-12-19)22-10-6-8-18(4-2)16-22;;/h3-8,11,14-16H,1-2H2;;/q-4;;. The molecule has 2 heteroatoms. The molecule has 0 aromatic heterocycles. The van der Waals surface area contributed by atoms with Gasteiger partial charge in [0.1, 0.15) is 0 Å². The second-order valence-electron chi connectivity index (χ2n) is 4.88. The average Bonchev–Trinajstić information content (AvgIpc) is 2.62. The van der Waals surface area contributed by atoms with Gasteiger partial charge >= 0.3 is 0 Å². The molecule has 24 heavy (non-hydrogen) atoms. The van der Waals surface area contributed by atoms with Crippen LogP contribution in [0, 0.1) is 24.3 Å². The molecule has 0 fully saturated rings. The summed E-state index contributed by atoms with van der Waals surface area (Å²) in [5.41, 5.74) is 6.05. The Morgan fingerprint density at radius 2 is 1.04 bits per heavy atom. The van der Waals surface area contributed by atoms with Crippen LogP contribution in [0.5, 0.6) is 0 Å². The first-order valence-corrected chi connectivity index (χ1v) is 7.02. The van der Waals surface area contributed by atoms with Crippen LogP contribution >= 0.6 is 0 Å². The minimum absolute atomic E-state index is 0. The minimum atomic E-state index is 0. The molecule has 0 N–H and O–H groups in total. The van der Waals surface area contributed by atoms with E-state index in [9.17, 15) is 0 Å². The van der Waals surface area contributed by atoms with E-state index in [0.717, 1.165) is 33.4 Å². The molecule has 0 aliphatic carbocycles. The summed E-state index contributed by atoms with van der Waals surface area (Å²) in [6.07, 6.45) is 3.65. The van der Waals surface area contributed by atoms with Gasteiger partial charge in [0.2, 0.25) is 0 Å². The summed E-state index contributed by atoms with van der Waals surface area (Å²) in [5.74, 6) is 0. The van der Waals surface area contributed by atoms with Gasteiger partial charge in [-0.1, -0.05) is 12.2 Å². The molecule has 0 aliphatic heterocycles. The smallest absolute Gasteiger partial charge is 0 e. The maximum atomic E-state index is 3.79. The molecule has 2 radical (unpaired) electrons. The van der Waals surface area contributed by atoms with Crippen molar-refractivity contribution in [1.29, 1.82) is 0 Å². The number of hydrogen-bond donors (Lipinski definition) is 0. The molecule has 0 heterocycles. The van der Waals surface area contributed by atoms with Crippen molar-refractivity contribution >= 4 is 12.2 Å². The van der Waals surface area contributed by atoms with Gasteiger partial charge in [-0.05, 0) is 0 Å². The summed E-state index contributed by atoms with van der Waals surface area (Å²) in [5, 5.41) is 0. The minimum Gasteiger partial charge on any atom is -0.247 e. The van der Waals surface area contributed by atoms with Crippen LogP contribution in [0.3, 0.4) is 0 Å². The van der Waals surface area contributed by atoms with Gasteiger partial charge in [-0.3, -0.25) is 0 Å². The maximum absolute atomic E-state index is 3.79. The van der Waals surface area contributed by atoms with Gasteiger partial charge in [-0.2, -0.15) is 36.4 Å². The van der Waals surface area contributed by atoms with Crippen molar-refractivity contribution in [3.05, 3.63) is 97.1 Å². The molecule has 0 atom stereocenters. The van der Waals surface area contributed by atoms with Gasteiger partial charge in [0.05, 0.1) is 0 Å². The van der Waals surface area contributed by atoms with E-state index in [4.69, 9.17) is 0 Å². The molecule has 112 valence electrons. The third-order valence-electron chi connectivity index (χ3n) is 3.45. The summed E-state index contributed by atoms with van der Waals surface area (Å²) >= 11 is 0. The largest absolute Gasteiger partial charge is 0.247 e. The van der Waals surface area contributed by atoms with E-state index in [-0.39, 0.29) is 65.4 Å². The zero-order valence-corrected chi connectivity index (χ0v) is 19.0. The van der Waals surface area contributed by atoms with Gasteiger partial charge in [-0.25, -0.2) is 46.5 Å². The van der Waals surface area contributed by atoms with Crippen molar-refractivity contribution in [2.75, 3.05) is 0 Å². The Hall–Kier alpha value is -0.652. The van der Waals surface area contributed by atoms with Crippen molar-refractivity contribution < 1.29 is 65.4 Å². The van der Waals surface area contributed by atoms with Crippen LogP contribution in [0.15, 0.2) is 61.7 Å². The van der Waals surface area contributed by atoms with Crippen molar-refractivity contribution in [1.82, 2.24) is 0 Å². The molecule has 0 saturated carbocycles. The summed E-state index contributed by atoms with van der Waals surface area (Å²) in [6, 6.07) is 28.7. The van der Waals surface area contributed by atoms with E-state index >= 15 is 0 Å². The van der Waals surface area contributed by atoms with Crippen molar-refractivity contribution in [3.63, 3.8) is 0 Å². The third kappa shape index (κ3) is 5.17. The second kappa shape index (κ2) is 10.4. The van der Waals surface area contributed by atoms with Crippen LogP contribution in [0.4, 0.5) is 0 Å². The van der Waals surface area contributed by atoms with Gasteiger partial charge in [-0.15, -0.1) is 36.4 Å². The second-order valence-corrected chi connectivity index (χ2v) is 4.88. The zero-order valence-electron chi connectivity index (χ0n) is 13.3. The van der Waals surface area contributed by atoms with E-state index < -0.39 is 0 Å². The third-order valence-corrected chi connectivity index (χ3v) is 3.45. The van der Waals surface area contributed by atoms with Crippen LogP contribution in [0.2, 0.25) is 0 Å². The normalized spacial score (nSPS) is 9.33. The molecule has 0 nitrogen and oxygen atoms in total. The van der Waals surface area contributed by atoms with Gasteiger partial charge < -0.3 is 0 Å². The first-order chi connectivity index (χ1) is 10.8. The van der Waals surface area contributed by atoms with Crippen molar-refractivity contribution in [3.8, 4) is 22.3 Å². The fourth-order valence-electron chi connectivity index (χ4n) is 2.23. The monoisotopic (exact) mass is 456 g/mol. The Labute approximate surface area is 194 Å². The Balaban J connectivity index is 0.00000144. The van der Waals surface area contributed by atoms with E-state index in [0.29, 0.717) is 0 Å². The molecule has 3 aromatic carbocycles. The van der Waals surface area contributed by atoms with E-state index in [1.165, 1.54) is 0 Å². The molecule has 0 saturated heterocycles. The van der Waals surface area contributed by atoms with E-state index in [1.54, 1.807) is 0 Å². The molecular formula is C22H14Y2-4. The summed E-state index contributed by atoms with van der Waals surface area (Å²) in [7, 11) is 0. The van der Waals surface area contributed by atoms with E-state index in [2.05, 4.69) is 37.4 Å². The Kier molecular flexibility index (Phi) is 9.24. The van der Waals surface area contributed by atoms with Crippen LogP contribution < -0.4 is 0 Å². The van der Waals surface area contributed by atoms with E-state index in [1.807, 2.05) is 60.7 Å². The molecule has 0 spiro atoms. The molecule has 3 rings (SSSR count). The zero-order chi connectivity index (χ0) is 15.4. The van der Waals surface area contributed by atoms with Crippen LogP contribution in [0.1, 0.15) is 11.1 Å². The first kappa shape index (κ1) is 21.4. The Morgan fingerprint density at radius 3 is 1.38 bits per heavy atom. The average molecular weight is 456 g/mol. The fourth-order valence-corrected chi connectivity index (χ4v) is 2.23. The first-order valence-electron chi connectivity index (χ1n) is 7.02. The predicted octanol–water partition coefficient (Wildman–Crippen LogP) is 5.50. The van der Waals surface area contributed by atoms with Gasteiger partial charge in [0.15, 0.2) is 0 Å². The van der Waals surface area contributed by atoms with Gasteiger partial charge in [0, 0.05) is 65.4 Å². The predicted molar refractivity (Wildman–Crippen MR) is 92.8 cm³/mol. The molecule has 3 aromatic rings. The fraction of sp³-hybridized carbons (Fsp3) is 0.